The smallest absolute Gasteiger partial charge is 0.245 e. The van der Waals surface area contributed by atoms with Crippen molar-refractivity contribution in [2.24, 2.45) is 5.92 Å². The summed E-state index contributed by atoms with van der Waals surface area (Å²) in [7, 11) is -3.61. The Morgan fingerprint density at radius 3 is 2.49 bits per heavy atom. The van der Waals surface area contributed by atoms with Gasteiger partial charge in [0, 0.05) is 54.7 Å². The third-order valence-electron chi connectivity index (χ3n) is 6.91. The lowest BCUT2D eigenvalue weighted by molar-refractivity contribution is -0.135. The van der Waals surface area contributed by atoms with Gasteiger partial charge in [0.05, 0.1) is 9.77 Å². The average molecular weight is 589 g/mol. The van der Waals surface area contributed by atoms with Crippen molar-refractivity contribution in [3.8, 4) is 0 Å². The van der Waals surface area contributed by atoms with E-state index >= 15 is 0 Å². The SMILES string of the molecule is C=C(N[C@@H](CC(C)C)C(=O)N1CCN(CCNS(=O)(=O)c2ccc(Cl)cc2C)CC1)c1cc2ccccc2s1. The van der Waals surface area contributed by atoms with Gasteiger partial charge in [-0.05, 0) is 60.5 Å². The zero-order valence-electron chi connectivity index (χ0n) is 22.7. The molecule has 1 amide bonds. The third kappa shape index (κ3) is 7.61. The van der Waals surface area contributed by atoms with Crippen LogP contribution in [0.5, 0.6) is 0 Å². The van der Waals surface area contributed by atoms with Crippen molar-refractivity contribution < 1.29 is 13.2 Å². The van der Waals surface area contributed by atoms with Gasteiger partial charge in [0.1, 0.15) is 6.04 Å². The Bertz CT molecular complexity index is 1400. The van der Waals surface area contributed by atoms with Crippen molar-refractivity contribution >= 4 is 54.7 Å². The minimum Gasteiger partial charge on any atom is -0.373 e. The van der Waals surface area contributed by atoms with Crippen LogP contribution in [0.25, 0.3) is 15.8 Å². The molecule has 10 heteroatoms. The van der Waals surface area contributed by atoms with E-state index in [0.717, 1.165) is 17.0 Å². The molecule has 0 aliphatic carbocycles. The van der Waals surface area contributed by atoms with E-state index in [0.29, 0.717) is 55.8 Å². The van der Waals surface area contributed by atoms with Gasteiger partial charge >= 0.3 is 0 Å². The van der Waals surface area contributed by atoms with Gasteiger partial charge in [-0.2, -0.15) is 0 Å². The predicted octanol–water partition coefficient (Wildman–Crippen LogP) is 4.96. The van der Waals surface area contributed by atoms with E-state index in [2.05, 4.69) is 53.6 Å². The number of fused-ring (bicyclic) bond motifs is 1. The lowest BCUT2D eigenvalue weighted by Crippen LogP contribution is -2.54. The molecule has 0 saturated carbocycles. The number of halogens is 1. The second-order valence-electron chi connectivity index (χ2n) is 10.4. The Balaban J connectivity index is 1.29. The van der Waals surface area contributed by atoms with Crippen molar-refractivity contribution in [3.05, 3.63) is 70.6 Å². The van der Waals surface area contributed by atoms with E-state index in [-0.39, 0.29) is 16.8 Å². The van der Waals surface area contributed by atoms with Crippen molar-refractivity contribution in [3.63, 3.8) is 0 Å². The maximum Gasteiger partial charge on any atom is 0.245 e. The molecular formula is C29H37ClN4O3S2. The second kappa shape index (κ2) is 12.8. The van der Waals surface area contributed by atoms with Crippen molar-refractivity contribution in [2.45, 2.75) is 38.1 Å². The Kier molecular flexibility index (Phi) is 9.72. The highest BCUT2D eigenvalue weighted by Gasteiger charge is 2.29. The normalized spacial score (nSPS) is 15.6. The van der Waals surface area contributed by atoms with Gasteiger partial charge < -0.3 is 10.2 Å². The minimum absolute atomic E-state index is 0.0875. The molecule has 0 bridgehead atoms. The number of piperazine rings is 1. The van der Waals surface area contributed by atoms with Crippen molar-refractivity contribution in [1.29, 1.82) is 0 Å². The highest BCUT2D eigenvalue weighted by Crippen LogP contribution is 2.29. The molecule has 4 rings (SSSR count). The summed E-state index contributed by atoms with van der Waals surface area (Å²) in [6, 6.07) is 14.8. The molecule has 2 N–H and O–H groups in total. The fourth-order valence-corrected chi connectivity index (χ4v) is 7.32. The molecule has 1 atom stereocenters. The number of rotatable bonds is 11. The van der Waals surface area contributed by atoms with E-state index in [9.17, 15) is 13.2 Å². The number of benzene rings is 2. The van der Waals surface area contributed by atoms with E-state index in [1.54, 1.807) is 30.4 Å². The van der Waals surface area contributed by atoms with Gasteiger partial charge in [0.25, 0.3) is 0 Å². The van der Waals surface area contributed by atoms with Crippen LogP contribution in [0.4, 0.5) is 0 Å². The molecule has 2 aromatic carbocycles. The minimum atomic E-state index is -3.61. The van der Waals surface area contributed by atoms with Crippen LogP contribution in [0.3, 0.4) is 0 Å². The van der Waals surface area contributed by atoms with Crippen LogP contribution in [0.15, 0.2) is 60.0 Å². The number of sulfonamides is 1. The summed E-state index contributed by atoms with van der Waals surface area (Å²) < 4.78 is 29.3. The van der Waals surface area contributed by atoms with Gasteiger partial charge in [-0.25, -0.2) is 13.1 Å². The van der Waals surface area contributed by atoms with Gasteiger partial charge in [0.15, 0.2) is 0 Å². The molecule has 0 spiro atoms. The highest BCUT2D eigenvalue weighted by atomic mass is 35.5. The van der Waals surface area contributed by atoms with Crippen LogP contribution in [-0.2, 0) is 14.8 Å². The Morgan fingerprint density at radius 1 is 1.10 bits per heavy atom. The summed E-state index contributed by atoms with van der Waals surface area (Å²) in [6.45, 7) is 13.7. The first-order chi connectivity index (χ1) is 18.5. The Morgan fingerprint density at radius 2 is 1.82 bits per heavy atom. The molecular weight excluding hydrogens is 552 g/mol. The molecule has 1 aromatic heterocycles. The Labute approximate surface area is 240 Å². The summed E-state index contributed by atoms with van der Waals surface area (Å²) in [5, 5.41) is 5.12. The number of amides is 1. The lowest BCUT2D eigenvalue weighted by Gasteiger charge is -2.37. The quantitative estimate of drug-likeness (QED) is 0.331. The number of thiophene rings is 1. The predicted molar refractivity (Wildman–Crippen MR) is 162 cm³/mol. The Hall–Kier alpha value is -2.43. The van der Waals surface area contributed by atoms with Crippen LogP contribution in [0.2, 0.25) is 5.02 Å². The van der Waals surface area contributed by atoms with Crippen molar-refractivity contribution in [2.75, 3.05) is 39.3 Å². The molecule has 2 heterocycles. The van der Waals surface area contributed by atoms with E-state index in [1.807, 2.05) is 17.0 Å². The van der Waals surface area contributed by atoms with Crippen LogP contribution < -0.4 is 10.0 Å². The number of hydrogen-bond acceptors (Lipinski definition) is 6. The fraction of sp³-hybridized carbons (Fsp3) is 0.414. The standard InChI is InChI=1S/C29H37ClN4O3S2/c1-20(2)17-25(32-22(4)27-19-23-7-5-6-8-26(23)38-27)29(35)34-15-13-33(14-16-34)12-11-31-39(36,37)28-10-9-24(30)18-21(28)3/h5-10,18-20,25,31-32H,4,11-17H2,1-3H3/t25-/m0/s1. The van der Waals surface area contributed by atoms with Gasteiger partial charge in [-0.3, -0.25) is 9.69 Å². The van der Waals surface area contributed by atoms with Crippen LogP contribution in [-0.4, -0.2) is 69.4 Å². The maximum absolute atomic E-state index is 13.5. The number of nitrogens with zero attached hydrogens (tertiary/aromatic N) is 2. The lowest BCUT2D eigenvalue weighted by atomic mass is 10.0. The zero-order chi connectivity index (χ0) is 28.2. The molecule has 39 heavy (non-hydrogen) atoms. The van der Waals surface area contributed by atoms with Crippen LogP contribution >= 0.6 is 22.9 Å². The molecule has 0 unspecified atom stereocenters. The maximum atomic E-state index is 13.5. The molecule has 1 saturated heterocycles. The molecule has 0 radical (unpaired) electrons. The van der Waals surface area contributed by atoms with E-state index < -0.39 is 10.0 Å². The molecule has 1 fully saturated rings. The zero-order valence-corrected chi connectivity index (χ0v) is 25.1. The molecule has 7 nitrogen and oxygen atoms in total. The van der Waals surface area contributed by atoms with Crippen LogP contribution in [0, 0.1) is 12.8 Å². The first-order valence-electron chi connectivity index (χ1n) is 13.2. The third-order valence-corrected chi connectivity index (χ3v) is 9.94. The first-order valence-corrected chi connectivity index (χ1v) is 15.9. The molecule has 3 aromatic rings. The highest BCUT2D eigenvalue weighted by molar-refractivity contribution is 7.89. The molecule has 1 aliphatic rings. The number of carbonyl (C=O) groups is 1. The van der Waals surface area contributed by atoms with Gasteiger partial charge in [-0.15, -0.1) is 11.3 Å². The summed E-state index contributed by atoms with van der Waals surface area (Å²) in [4.78, 5) is 18.9. The van der Waals surface area contributed by atoms with Gasteiger partial charge in [0.2, 0.25) is 15.9 Å². The number of hydrogen-bond donors (Lipinski definition) is 2. The topological polar surface area (TPSA) is 81.8 Å². The van der Waals surface area contributed by atoms with E-state index in [4.69, 9.17) is 11.6 Å². The summed E-state index contributed by atoms with van der Waals surface area (Å²) >= 11 is 7.64. The molecule has 210 valence electrons. The summed E-state index contributed by atoms with van der Waals surface area (Å²) in [5.41, 5.74) is 1.39. The number of nitrogens with one attached hydrogen (secondary N) is 2. The number of aryl methyl sites for hydroxylation is 1. The first kappa shape index (κ1) is 29.6. The second-order valence-corrected chi connectivity index (χ2v) is 13.7. The molecule has 1 aliphatic heterocycles. The monoisotopic (exact) mass is 588 g/mol. The van der Waals surface area contributed by atoms with Crippen LogP contribution in [0.1, 0.15) is 30.7 Å². The van der Waals surface area contributed by atoms with Crippen molar-refractivity contribution in [1.82, 2.24) is 19.8 Å². The fourth-order valence-electron chi connectivity index (χ4n) is 4.85. The number of carbonyl (C=O) groups excluding carboxylic acids is 1. The largest absolute Gasteiger partial charge is 0.373 e. The summed E-state index contributed by atoms with van der Waals surface area (Å²) in [6.07, 6.45) is 0.717. The van der Waals surface area contributed by atoms with Gasteiger partial charge in [-0.1, -0.05) is 50.2 Å². The van der Waals surface area contributed by atoms with E-state index in [1.165, 1.54) is 16.2 Å². The average Bonchev–Trinajstić information content (AvgIpc) is 3.32. The summed E-state index contributed by atoms with van der Waals surface area (Å²) in [5.74, 6) is 0.435.